The molecule has 6 nitrogen and oxygen atoms in total. The van der Waals surface area contributed by atoms with Gasteiger partial charge < -0.3 is 15.2 Å². The van der Waals surface area contributed by atoms with Crippen LogP contribution in [0, 0.1) is 0 Å². The number of aromatic nitrogens is 2. The molecule has 0 saturated carbocycles. The summed E-state index contributed by atoms with van der Waals surface area (Å²) in [7, 11) is 0. The second-order valence-electron chi connectivity index (χ2n) is 7.39. The Hall–Kier alpha value is -3.84. The number of nitrogens with one attached hydrogen (secondary N) is 2. The fourth-order valence-electron chi connectivity index (χ4n) is 3.74. The minimum Gasteiger partial charge on any atom is -0.333 e. The van der Waals surface area contributed by atoms with Crippen molar-refractivity contribution in [2.45, 2.75) is 11.1 Å². The van der Waals surface area contributed by atoms with Crippen LogP contribution in [0.3, 0.4) is 0 Å². The molecule has 32 heavy (non-hydrogen) atoms. The van der Waals surface area contributed by atoms with Gasteiger partial charge in [0.1, 0.15) is 5.37 Å². The number of hydrogen-bond donors (Lipinski definition) is 2. The van der Waals surface area contributed by atoms with Crippen LogP contribution < -0.4 is 10.6 Å². The number of hydrogen-bond acceptors (Lipinski definition) is 4. The smallest absolute Gasteiger partial charge is 0.257 e. The third kappa shape index (κ3) is 4.02. The van der Waals surface area contributed by atoms with Gasteiger partial charge in [-0.15, -0.1) is 11.8 Å². The molecule has 158 valence electrons. The van der Waals surface area contributed by atoms with Crippen molar-refractivity contribution >= 4 is 35.0 Å². The fourth-order valence-corrected chi connectivity index (χ4v) is 5.05. The number of rotatable bonds is 5. The van der Waals surface area contributed by atoms with E-state index in [1.165, 1.54) is 0 Å². The lowest BCUT2D eigenvalue weighted by Crippen LogP contribution is -2.15. The number of amides is 2. The molecular formula is C25H20N4O2S. The quantitative estimate of drug-likeness (QED) is 0.448. The van der Waals surface area contributed by atoms with Gasteiger partial charge in [0.15, 0.2) is 0 Å². The van der Waals surface area contributed by atoms with Crippen molar-refractivity contribution in [1.82, 2.24) is 9.55 Å². The van der Waals surface area contributed by atoms with E-state index in [1.807, 2.05) is 60.9 Å². The fraction of sp³-hybridized carbons (Fsp3) is 0.0800. The van der Waals surface area contributed by atoms with Crippen LogP contribution in [-0.2, 0) is 5.75 Å². The minimum absolute atomic E-state index is 0.116. The highest BCUT2D eigenvalue weighted by Crippen LogP contribution is 2.41. The molecule has 0 aliphatic carbocycles. The van der Waals surface area contributed by atoms with E-state index in [1.54, 1.807) is 42.2 Å². The Labute approximate surface area is 189 Å². The maximum Gasteiger partial charge on any atom is 0.257 e. The Morgan fingerprint density at radius 2 is 1.72 bits per heavy atom. The second kappa shape index (κ2) is 8.72. The molecule has 4 aromatic rings. The number of carbonyl (C=O) groups is 2. The summed E-state index contributed by atoms with van der Waals surface area (Å²) in [5.74, 6) is 0.328. The van der Waals surface area contributed by atoms with Crippen LogP contribution in [0.4, 0.5) is 11.4 Å². The summed E-state index contributed by atoms with van der Waals surface area (Å²) in [5, 5.41) is 5.91. The number of thioether (sulfide) groups is 1. The molecule has 2 N–H and O–H groups in total. The van der Waals surface area contributed by atoms with E-state index in [4.69, 9.17) is 0 Å². The van der Waals surface area contributed by atoms with Gasteiger partial charge >= 0.3 is 0 Å². The topological polar surface area (TPSA) is 76.0 Å². The summed E-state index contributed by atoms with van der Waals surface area (Å²) < 4.78 is 2.13. The zero-order valence-corrected chi connectivity index (χ0v) is 17.9. The van der Waals surface area contributed by atoms with Crippen LogP contribution in [-0.4, -0.2) is 21.4 Å². The van der Waals surface area contributed by atoms with E-state index in [0.29, 0.717) is 16.8 Å². The Morgan fingerprint density at radius 1 is 0.906 bits per heavy atom. The molecule has 3 heterocycles. The third-order valence-electron chi connectivity index (χ3n) is 5.28. The average Bonchev–Trinajstić information content (AvgIpc) is 3.43. The van der Waals surface area contributed by atoms with Crippen molar-refractivity contribution < 1.29 is 9.59 Å². The number of carbonyl (C=O) groups excluding carboxylic acids is 2. The maximum atomic E-state index is 13.0. The molecule has 1 unspecified atom stereocenters. The largest absolute Gasteiger partial charge is 0.333 e. The third-order valence-corrected chi connectivity index (χ3v) is 6.54. The summed E-state index contributed by atoms with van der Waals surface area (Å²) >= 11 is 1.77. The second-order valence-corrected chi connectivity index (χ2v) is 8.46. The molecular weight excluding hydrogens is 420 g/mol. The highest BCUT2D eigenvalue weighted by Gasteiger charge is 2.28. The Morgan fingerprint density at radius 3 is 2.53 bits per heavy atom. The predicted octanol–water partition coefficient (Wildman–Crippen LogP) is 5.18. The van der Waals surface area contributed by atoms with Gasteiger partial charge in [-0.25, -0.2) is 0 Å². The van der Waals surface area contributed by atoms with Crippen LogP contribution >= 0.6 is 11.8 Å². The van der Waals surface area contributed by atoms with Crippen LogP contribution in [0.2, 0.25) is 0 Å². The van der Waals surface area contributed by atoms with Crippen LogP contribution in [0.1, 0.15) is 37.3 Å². The first-order valence-electron chi connectivity index (χ1n) is 10.2. The van der Waals surface area contributed by atoms with Crippen LogP contribution in [0.25, 0.3) is 0 Å². The van der Waals surface area contributed by atoms with E-state index in [2.05, 4.69) is 20.2 Å². The van der Waals surface area contributed by atoms with Crippen molar-refractivity contribution in [2.24, 2.45) is 0 Å². The molecule has 0 saturated heterocycles. The normalized spacial score (nSPS) is 14.6. The van der Waals surface area contributed by atoms with Gasteiger partial charge in [0.25, 0.3) is 11.8 Å². The number of para-hydroxylation sites is 1. The van der Waals surface area contributed by atoms with Crippen molar-refractivity contribution in [3.8, 4) is 0 Å². The van der Waals surface area contributed by atoms with Gasteiger partial charge in [-0.3, -0.25) is 14.6 Å². The Kier molecular flexibility index (Phi) is 5.47. The molecule has 1 aliphatic rings. The Balaban J connectivity index is 1.31. The molecule has 0 spiro atoms. The summed E-state index contributed by atoms with van der Waals surface area (Å²) in [6.07, 6.45) is 5.57. The van der Waals surface area contributed by atoms with E-state index >= 15 is 0 Å². The van der Waals surface area contributed by atoms with Crippen LogP contribution in [0.5, 0.6) is 0 Å². The van der Waals surface area contributed by atoms with E-state index in [0.717, 1.165) is 22.7 Å². The Bertz CT molecular complexity index is 1270. The monoisotopic (exact) mass is 440 g/mol. The minimum atomic E-state index is -0.229. The van der Waals surface area contributed by atoms with E-state index in [9.17, 15) is 9.59 Å². The molecule has 2 amide bonds. The average molecular weight is 441 g/mol. The zero-order valence-electron chi connectivity index (χ0n) is 17.1. The molecule has 7 heteroatoms. The highest BCUT2D eigenvalue weighted by molar-refractivity contribution is 7.99. The summed E-state index contributed by atoms with van der Waals surface area (Å²) in [5.41, 5.74) is 4.50. The highest BCUT2D eigenvalue weighted by atomic mass is 32.2. The van der Waals surface area contributed by atoms with Gasteiger partial charge in [-0.1, -0.05) is 30.3 Å². The predicted molar refractivity (Wildman–Crippen MR) is 127 cm³/mol. The maximum absolute atomic E-state index is 13.0. The number of fused-ring (bicyclic) bond motifs is 1. The first-order valence-corrected chi connectivity index (χ1v) is 11.2. The molecule has 1 atom stereocenters. The van der Waals surface area contributed by atoms with Gasteiger partial charge in [0, 0.05) is 52.5 Å². The number of anilines is 2. The summed E-state index contributed by atoms with van der Waals surface area (Å²) in [6, 6.07) is 22.0. The lowest BCUT2D eigenvalue weighted by molar-refractivity contribution is 0.101. The number of nitrogens with zero attached hydrogens (tertiary/aromatic N) is 2. The van der Waals surface area contributed by atoms with Gasteiger partial charge in [-0.05, 0) is 42.5 Å². The number of pyridine rings is 1. The standard InChI is InChI=1S/C25H20N4O2S/c30-23(27-19-8-2-1-3-9-19)17-6-4-10-20(14-17)28-24(31)21-11-13-29-22(21)16-32-25(29)18-7-5-12-26-15-18/h1-15,25H,16H2,(H,27,30)(H,28,31). The van der Waals surface area contributed by atoms with Gasteiger partial charge in [0.05, 0.1) is 5.56 Å². The lowest BCUT2D eigenvalue weighted by atomic mass is 10.1. The molecule has 0 radical (unpaired) electrons. The number of benzene rings is 2. The summed E-state index contributed by atoms with van der Waals surface area (Å²) in [6.45, 7) is 0. The summed E-state index contributed by atoms with van der Waals surface area (Å²) in [4.78, 5) is 29.8. The molecule has 0 fully saturated rings. The molecule has 0 bridgehead atoms. The van der Waals surface area contributed by atoms with Crippen molar-refractivity contribution in [3.63, 3.8) is 0 Å². The lowest BCUT2D eigenvalue weighted by Gasteiger charge is -2.12. The SMILES string of the molecule is O=C(Nc1ccccc1)c1cccc(NC(=O)c2ccn3c2CSC3c2cccnc2)c1. The first kappa shape index (κ1) is 20.1. The van der Waals surface area contributed by atoms with Crippen molar-refractivity contribution in [2.75, 3.05) is 10.6 Å². The van der Waals surface area contributed by atoms with Gasteiger partial charge in [-0.2, -0.15) is 0 Å². The molecule has 5 rings (SSSR count). The zero-order chi connectivity index (χ0) is 21.9. The van der Waals surface area contributed by atoms with Crippen molar-refractivity contribution in [3.05, 3.63) is 114 Å². The van der Waals surface area contributed by atoms with E-state index in [-0.39, 0.29) is 17.2 Å². The van der Waals surface area contributed by atoms with Crippen LogP contribution in [0.15, 0.2) is 91.4 Å². The van der Waals surface area contributed by atoms with Crippen molar-refractivity contribution in [1.29, 1.82) is 0 Å². The molecule has 1 aliphatic heterocycles. The van der Waals surface area contributed by atoms with Gasteiger partial charge in [0.2, 0.25) is 0 Å². The van der Waals surface area contributed by atoms with E-state index < -0.39 is 0 Å². The molecule has 2 aromatic carbocycles. The molecule has 2 aromatic heterocycles. The first-order chi connectivity index (χ1) is 15.7.